The van der Waals surface area contributed by atoms with Crippen LogP contribution in [0.2, 0.25) is 0 Å². The van der Waals surface area contributed by atoms with Crippen molar-refractivity contribution in [1.82, 2.24) is 20.2 Å². The smallest absolute Gasteiger partial charge is 0.240 e. The average Bonchev–Trinajstić information content (AvgIpc) is 2.75. The van der Waals surface area contributed by atoms with E-state index in [0.29, 0.717) is 18.3 Å². The number of rotatable bonds is 5. The molecule has 2 heterocycles. The maximum atomic E-state index is 12.1. The molecule has 1 aromatic heterocycles. The molecule has 0 bridgehead atoms. The second-order valence-electron chi connectivity index (χ2n) is 4.70. The first-order valence-electron chi connectivity index (χ1n) is 6.91. The first kappa shape index (κ1) is 15.5. The van der Waals surface area contributed by atoms with E-state index in [2.05, 4.69) is 25.5 Å². The van der Waals surface area contributed by atoms with Crippen LogP contribution in [0.25, 0.3) is 0 Å². The highest BCUT2D eigenvalue weighted by Gasteiger charge is 2.14. The molecule has 21 heavy (non-hydrogen) atoms. The van der Waals surface area contributed by atoms with E-state index >= 15 is 0 Å². The van der Waals surface area contributed by atoms with Gasteiger partial charge in [0.05, 0.1) is 26.8 Å². The molecule has 0 aliphatic carbocycles. The van der Waals surface area contributed by atoms with E-state index in [4.69, 9.17) is 9.47 Å². The van der Waals surface area contributed by atoms with Crippen molar-refractivity contribution in [1.29, 1.82) is 0 Å². The zero-order valence-corrected chi connectivity index (χ0v) is 12.4. The predicted octanol–water partition coefficient (Wildman–Crippen LogP) is -0.272. The summed E-state index contributed by atoms with van der Waals surface area (Å²) in [7, 11) is 3.00. The Morgan fingerprint density at radius 3 is 2.67 bits per heavy atom. The molecular formula is C13H21N5O3. The first-order valence-corrected chi connectivity index (χ1v) is 6.91. The molecule has 2 rings (SSSR count). The van der Waals surface area contributed by atoms with E-state index in [9.17, 15) is 4.79 Å². The van der Waals surface area contributed by atoms with E-state index in [0.717, 1.165) is 32.6 Å². The van der Waals surface area contributed by atoms with Crippen molar-refractivity contribution in [2.24, 2.45) is 0 Å². The molecule has 0 aromatic carbocycles. The zero-order chi connectivity index (χ0) is 15.1. The van der Waals surface area contributed by atoms with Gasteiger partial charge in [-0.15, -0.1) is 0 Å². The monoisotopic (exact) mass is 295 g/mol. The number of anilines is 1. The molecule has 116 valence electrons. The van der Waals surface area contributed by atoms with Gasteiger partial charge in [-0.3, -0.25) is 15.0 Å². The molecule has 1 aromatic rings. The number of ether oxygens (including phenoxy) is 2. The average molecular weight is 295 g/mol. The van der Waals surface area contributed by atoms with Crippen LogP contribution in [-0.2, 0) is 4.79 Å². The molecule has 8 nitrogen and oxygen atoms in total. The van der Waals surface area contributed by atoms with Crippen LogP contribution in [-0.4, -0.2) is 67.7 Å². The van der Waals surface area contributed by atoms with Crippen LogP contribution >= 0.6 is 0 Å². The van der Waals surface area contributed by atoms with Gasteiger partial charge in [-0.05, 0) is 19.5 Å². The van der Waals surface area contributed by atoms with Crippen LogP contribution in [0.5, 0.6) is 11.8 Å². The molecule has 0 radical (unpaired) electrons. The van der Waals surface area contributed by atoms with Gasteiger partial charge < -0.3 is 14.8 Å². The second kappa shape index (κ2) is 7.75. The third-order valence-electron chi connectivity index (χ3n) is 3.15. The number of aromatic nitrogens is 2. The van der Waals surface area contributed by atoms with Gasteiger partial charge in [0.1, 0.15) is 0 Å². The molecule has 0 saturated carbocycles. The van der Waals surface area contributed by atoms with E-state index in [1.165, 1.54) is 14.2 Å². The van der Waals surface area contributed by atoms with Crippen LogP contribution in [0.15, 0.2) is 6.07 Å². The number of nitrogens with one attached hydrogen (secondary N) is 2. The molecule has 8 heteroatoms. The maximum Gasteiger partial charge on any atom is 0.240 e. The van der Waals surface area contributed by atoms with Crippen LogP contribution < -0.4 is 20.1 Å². The van der Waals surface area contributed by atoms with Crippen molar-refractivity contribution in [3.8, 4) is 11.8 Å². The highest BCUT2D eigenvalue weighted by molar-refractivity contribution is 5.90. The van der Waals surface area contributed by atoms with Gasteiger partial charge in [0.25, 0.3) is 0 Å². The van der Waals surface area contributed by atoms with Crippen LogP contribution in [0.3, 0.4) is 0 Å². The lowest BCUT2D eigenvalue weighted by Gasteiger charge is -2.18. The lowest BCUT2D eigenvalue weighted by Crippen LogP contribution is -2.36. The fourth-order valence-electron chi connectivity index (χ4n) is 2.10. The van der Waals surface area contributed by atoms with Gasteiger partial charge in [-0.2, -0.15) is 9.97 Å². The number of methoxy groups -OCH3 is 2. The minimum Gasteiger partial charge on any atom is -0.481 e. The van der Waals surface area contributed by atoms with Crippen LogP contribution in [0, 0.1) is 0 Å². The number of carbonyl (C=O) groups is 1. The Bertz CT molecular complexity index is 453. The quantitative estimate of drug-likeness (QED) is 0.773. The van der Waals surface area contributed by atoms with Gasteiger partial charge in [-0.25, -0.2) is 0 Å². The van der Waals surface area contributed by atoms with Gasteiger partial charge in [0, 0.05) is 13.1 Å². The Morgan fingerprint density at radius 1 is 1.29 bits per heavy atom. The Hall–Kier alpha value is -1.93. The third kappa shape index (κ3) is 4.83. The topological polar surface area (TPSA) is 88.6 Å². The summed E-state index contributed by atoms with van der Waals surface area (Å²) in [4.78, 5) is 22.3. The third-order valence-corrected chi connectivity index (χ3v) is 3.15. The van der Waals surface area contributed by atoms with E-state index < -0.39 is 0 Å². The summed E-state index contributed by atoms with van der Waals surface area (Å²) < 4.78 is 10.1. The molecular weight excluding hydrogens is 274 g/mol. The summed E-state index contributed by atoms with van der Waals surface area (Å²) in [5, 5.41) is 5.97. The lowest BCUT2D eigenvalue weighted by atomic mass is 10.4. The van der Waals surface area contributed by atoms with Gasteiger partial charge >= 0.3 is 0 Å². The maximum absolute atomic E-state index is 12.1. The van der Waals surface area contributed by atoms with Gasteiger partial charge in [0.15, 0.2) is 0 Å². The predicted molar refractivity (Wildman–Crippen MR) is 77.7 cm³/mol. The Balaban J connectivity index is 1.95. The van der Waals surface area contributed by atoms with Crippen LogP contribution in [0.4, 0.5) is 5.95 Å². The summed E-state index contributed by atoms with van der Waals surface area (Å²) >= 11 is 0. The van der Waals surface area contributed by atoms with Crippen molar-refractivity contribution < 1.29 is 14.3 Å². The van der Waals surface area contributed by atoms with Crippen molar-refractivity contribution in [3.63, 3.8) is 0 Å². The van der Waals surface area contributed by atoms with E-state index in [1.54, 1.807) is 6.07 Å². The molecule has 0 atom stereocenters. The number of carbonyl (C=O) groups excluding carboxylic acids is 1. The van der Waals surface area contributed by atoms with E-state index in [1.807, 2.05) is 0 Å². The second-order valence-corrected chi connectivity index (χ2v) is 4.70. The largest absolute Gasteiger partial charge is 0.481 e. The molecule has 0 spiro atoms. The van der Waals surface area contributed by atoms with Crippen molar-refractivity contribution in [2.75, 3.05) is 52.3 Å². The first-order chi connectivity index (χ1) is 10.2. The number of amides is 1. The minimum absolute atomic E-state index is 0.146. The fraction of sp³-hybridized carbons (Fsp3) is 0.615. The zero-order valence-electron chi connectivity index (χ0n) is 12.4. The minimum atomic E-state index is -0.146. The molecule has 1 amide bonds. The summed E-state index contributed by atoms with van der Waals surface area (Å²) in [5.41, 5.74) is 0. The Morgan fingerprint density at radius 2 is 2.00 bits per heavy atom. The molecule has 1 aliphatic heterocycles. The summed E-state index contributed by atoms with van der Waals surface area (Å²) in [6.07, 6.45) is 1.04. The molecule has 1 fully saturated rings. The summed E-state index contributed by atoms with van der Waals surface area (Å²) in [6.45, 7) is 3.98. The Labute approximate surface area is 123 Å². The Kier molecular flexibility index (Phi) is 5.70. The van der Waals surface area contributed by atoms with Crippen LogP contribution in [0.1, 0.15) is 6.42 Å². The molecule has 1 aliphatic rings. The SMILES string of the molecule is COc1cc(OC)nc(NC(=O)CN2CCCNCC2)n1. The molecule has 1 saturated heterocycles. The van der Waals surface area contributed by atoms with E-state index in [-0.39, 0.29) is 11.9 Å². The number of hydrogen-bond acceptors (Lipinski definition) is 7. The summed E-state index contributed by atoms with van der Waals surface area (Å²) in [5.74, 6) is 0.726. The van der Waals surface area contributed by atoms with Gasteiger partial charge in [0.2, 0.25) is 23.6 Å². The molecule has 2 N–H and O–H groups in total. The van der Waals surface area contributed by atoms with Crippen molar-refractivity contribution >= 4 is 11.9 Å². The normalized spacial score (nSPS) is 16.1. The van der Waals surface area contributed by atoms with Crippen molar-refractivity contribution in [2.45, 2.75) is 6.42 Å². The summed E-state index contributed by atoms with van der Waals surface area (Å²) in [6, 6.07) is 1.55. The molecule has 0 unspecified atom stereocenters. The number of hydrogen-bond donors (Lipinski definition) is 2. The van der Waals surface area contributed by atoms with Crippen molar-refractivity contribution in [3.05, 3.63) is 6.07 Å². The number of nitrogens with zero attached hydrogens (tertiary/aromatic N) is 3. The lowest BCUT2D eigenvalue weighted by molar-refractivity contribution is -0.117. The highest BCUT2D eigenvalue weighted by atomic mass is 16.5. The van der Waals surface area contributed by atoms with Gasteiger partial charge in [-0.1, -0.05) is 0 Å². The standard InChI is InChI=1S/C13H21N5O3/c1-20-11-8-12(21-2)17-13(16-11)15-10(19)9-18-6-3-4-14-5-7-18/h8,14H,3-7,9H2,1-2H3,(H,15,16,17,19). The highest BCUT2D eigenvalue weighted by Crippen LogP contribution is 2.17. The fourth-order valence-corrected chi connectivity index (χ4v) is 2.10.